The molecule has 3 amide bonds. The number of primary amides is 1. The van der Waals surface area contributed by atoms with Crippen molar-refractivity contribution in [1.29, 1.82) is 0 Å². The maximum absolute atomic E-state index is 13.0. The predicted molar refractivity (Wildman–Crippen MR) is 91.8 cm³/mol. The van der Waals surface area contributed by atoms with E-state index < -0.39 is 41.9 Å². The molecule has 2 fully saturated rings. The van der Waals surface area contributed by atoms with E-state index in [0.29, 0.717) is 25.1 Å². The Kier molecular flexibility index (Phi) is 5.43. The van der Waals surface area contributed by atoms with E-state index in [1.54, 1.807) is 13.1 Å². The van der Waals surface area contributed by atoms with Crippen LogP contribution in [-0.2, 0) is 30.3 Å². The van der Waals surface area contributed by atoms with Crippen LogP contribution in [0.25, 0.3) is 0 Å². The van der Waals surface area contributed by atoms with Crippen LogP contribution >= 0.6 is 0 Å². The van der Waals surface area contributed by atoms with E-state index in [2.05, 4.69) is 15.3 Å². The highest BCUT2D eigenvalue weighted by atomic mass is 16.6. The number of carbonyl (C=O) groups excluding carboxylic acids is 4. The van der Waals surface area contributed by atoms with Crippen LogP contribution in [0.4, 0.5) is 0 Å². The zero-order valence-electron chi connectivity index (χ0n) is 15.0. The molecule has 1 aromatic heterocycles. The molecule has 0 unspecified atom stereocenters. The topological polar surface area (TPSA) is 147 Å². The van der Waals surface area contributed by atoms with Gasteiger partial charge >= 0.3 is 5.97 Å². The molecular formula is C17H23N5O5. The number of nitrogens with two attached hydrogens (primary N) is 1. The Labute approximate surface area is 155 Å². The minimum Gasteiger partial charge on any atom is -0.452 e. The molecule has 2 saturated heterocycles. The van der Waals surface area contributed by atoms with Crippen molar-refractivity contribution in [2.45, 2.75) is 50.8 Å². The van der Waals surface area contributed by atoms with Crippen LogP contribution in [0.15, 0.2) is 12.5 Å². The monoisotopic (exact) mass is 377 g/mol. The Morgan fingerprint density at radius 3 is 2.85 bits per heavy atom. The minimum atomic E-state index is -0.935. The van der Waals surface area contributed by atoms with Gasteiger partial charge in [-0.05, 0) is 12.8 Å². The summed E-state index contributed by atoms with van der Waals surface area (Å²) in [6.07, 6.45) is 3.75. The van der Waals surface area contributed by atoms with E-state index in [9.17, 15) is 19.2 Å². The van der Waals surface area contributed by atoms with Gasteiger partial charge in [0.25, 0.3) is 5.91 Å². The van der Waals surface area contributed by atoms with Gasteiger partial charge in [0.15, 0.2) is 6.10 Å². The van der Waals surface area contributed by atoms with Crippen LogP contribution in [0.5, 0.6) is 0 Å². The minimum absolute atomic E-state index is 0.145. The number of rotatable bonds is 6. The van der Waals surface area contributed by atoms with E-state index in [1.807, 2.05) is 0 Å². The molecule has 3 heterocycles. The summed E-state index contributed by atoms with van der Waals surface area (Å²) in [5.74, 6) is -2.29. The third-order valence-corrected chi connectivity index (χ3v) is 4.97. The van der Waals surface area contributed by atoms with E-state index in [-0.39, 0.29) is 18.8 Å². The van der Waals surface area contributed by atoms with Crippen molar-refractivity contribution < 1.29 is 23.9 Å². The van der Waals surface area contributed by atoms with Crippen LogP contribution in [0.2, 0.25) is 0 Å². The molecule has 4 N–H and O–H groups in total. The smallest absolute Gasteiger partial charge is 0.309 e. The van der Waals surface area contributed by atoms with E-state index in [1.165, 1.54) is 11.2 Å². The van der Waals surface area contributed by atoms with Crippen LogP contribution in [0.3, 0.4) is 0 Å². The number of nitrogens with one attached hydrogen (secondary N) is 2. The average Bonchev–Trinajstić information content (AvgIpc) is 3.35. The van der Waals surface area contributed by atoms with Gasteiger partial charge in [-0.15, -0.1) is 0 Å². The molecule has 10 nitrogen and oxygen atoms in total. The molecule has 0 aliphatic carbocycles. The number of nitrogens with zero attached hydrogens (tertiary/aromatic N) is 2. The number of ether oxygens (including phenoxy) is 1. The van der Waals surface area contributed by atoms with Gasteiger partial charge in [0.1, 0.15) is 12.1 Å². The largest absolute Gasteiger partial charge is 0.452 e. The third kappa shape index (κ3) is 4.09. The fourth-order valence-electron chi connectivity index (χ4n) is 3.49. The number of amides is 3. The average molecular weight is 377 g/mol. The first-order valence-corrected chi connectivity index (χ1v) is 8.95. The van der Waals surface area contributed by atoms with Crippen LogP contribution < -0.4 is 11.1 Å². The first kappa shape index (κ1) is 18.9. The summed E-state index contributed by atoms with van der Waals surface area (Å²) in [7, 11) is 0. The van der Waals surface area contributed by atoms with Gasteiger partial charge in [-0.2, -0.15) is 0 Å². The van der Waals surface area contributed by atoms with Crippen LogP contribution in [0, 0.1) is 5.92 Å². The Morgan fingerprint density at radius 2 is 2.26 bits per heavy atom. The summed E-state index contributed by atoms with van der Waals surface area (Å²) in [6.45, 7) is 2.08. The molecular weight excluding hydrogens is 354 g/mol. The second kappa shape index (κ2) is 7.77. The molecule has 10 heteroatoms. The Bertz CT molecular complexity index is 734. The molecule has 146 valence electrons. The standard InChI is InChI=1S/C17H23N5O5/c1-9-5-13(27-17(9)26)15(24)21-11(6-10-7-19-8-20-10)16(25)22-4-2-3-12(22)14(18)23/h7-9,11-13H,2-6H2,1H3,(H2,18,23)(H,19,20)(H,21,24)/t9-,11+,12+,13+/m1/s1. The molecule has 2 aliphatic heterocycles. The lowest BCUT2D eigenvalue weighted by Gasteiger charge is -2.28. The van der Waals surface area contributed by atoms with Gasteiger partial charge in [-0.25, -0.2) is 4.98 Å². The lowest BCUT2D eigenvalue weighted by atomic mass is 10.1. The summed E-state index contributed by atoms with van der Waals surface area (Å²) in [5, 5.41) is 2.66. The van der Waals surface area contributed by atoms with Crippen molar-refractivity contribution in [3.8, 4) is 0 Å². The highest BCUT2D eigenvalue weighted by Crippen LogP contribution is 2.22. The summed E-state index contributed by atoms with van der Waals surface area (Å²) in [5.41, 5.74) is 5.98. The number of hydrogen-bond donors (Lipinski definition) is 3. The summed E-state index contributed by atoms with van der Waals surface area (Å²) in [6, 6.07) is -1.62. The molecule has 4 atom stereocenters. The highest BCUT2D eigenvalue weighted by molar-refractivity contribution is 5.94. The number of aromatic nitrogens is 2. The van der Waals surface area contributed by atoms with Gasteiger partial charge in [0.2, 0.25) is 11.8 Å². The first-order valence-electron chi connectivity index (χ1n) is 8.95. The summed E-state index contributed by atoms with van der Waals surface area (Å²) in [4.78, 5) is 57.0. The molecule has 0 aromatic carbocycles. The van der Waals surface area contributed by atoms with E-state index in [4.69, 9.17) is 10.5 Å². The summed E-state index contributed by atoms with van der Waals surface area (Å²) >= 11 is 0. The number of aromatic amines is 1. The van der Waals surface area contributed by atoms with Gasteiger partial charge in [-0.3, -0.25) is 19.2 Å². The van der Waals surface area contributed by atoms with E-state index >= 15 is 0 Å². The van der Waals surface area contributed by atoms with Gasteiger partial charge in [-0.1, -0.05) is 6.92 Å². The third-order valence-electron chi connectivity index (χ3n) is 4.97. The molecule has 0 bridgehead atoms. The normalized spacial score (nSPS) is 25.9. The second-order valence-corrected chi connectivity index (χ2v) is 6.98. The Morgan fingerprint density at radius 1 is 1.48 bits per heavy atom. The number of cyclic esters (lactones) is 1. The Balaban J connectivity index is 1.74. The number of imidazole rings is 1. The number of carbonyl (C=O) groups is 4. The SMILES string of the molecule is C[C@@H]1C[C@@H](C(=O)N[C@@H](Cc2c[nH]cn2)C(=O)N2CCC[C@H]2C(N)=O)OC1=O. The molecule has 0 spiro atoms. The molecule has 1 aromatic rings. The molecule has 27 heavy (non-hydrogen) atoms. The highest BCUT2D eigenvalue weighted by Gasteiger charge is 2.40. The fraction of sp³-hybridized carbons (Fsp3) is 0.588. The number of H-pyrrole nitrogens is 1. The lowest BCUT2D eigenvalue weighted by Crippen LogP contribution is -2.55. The van der Waals surface area contributed by atoms with E-state index in [0.717, 1.165) is 0 Å². The van der Waals surface area contributed by atoms with Gasteiger partial charge < -0.3 is 25.7 Å². The lowest BCUT2D eigenvalue weighted by molar-refractivity contribution is -0.150. The number of likely N-dealkylation sites (tertiary alicyclic amines) is 1. The van der Waals surface area contributed by atoms with Crippen molar-refractivity contribution >= 4 is 23.7 Å². The Hall–Kier alpha value is -2.91. The maximum Gasteiger partial charge on any atom is 0.309 e. The fourth-order valence-corrected chi connectivity index (χ4v) is 3.49. The van der Waals surface area contributed by atoms with Crippen molar-refractivity contribution in [2.24, 2.45) is 11.7 Å². The quantitative estimate of drug-likeness (QED) is 0.534. The van der Waals surface area contributed by atoms with Crippen molar-refractivity contribution in [3.05, 3.63) is 18.2 Å². The van der Waals surface area contributed by atoms with Crippen molar-refractivity contribution in [1.82, 2.24) is 20.2 Å². The van der Waals surface area contributed by atoms with Gasteiger partial charge in [0, 0.05) is 25.6 Å². The van der Waals surface area contributed by atoms with Crippen molar-refractivity contribution in [3.63, 3.8) is 0 Å². The zero-order chi connectivity index (χ0) is 19.6. The van der Waals surface area contributed by atoms with Crippen LogP contribution in [0.1, 0.15) is 31.9 Å². The first-order chi connectivity index (χ1) is 12.9. The zero-order valence-corrected chi connectivity index (χ0v) is 15.0. The molecule has 0 radical (unpaired) electrons. The van der Waals surface area contributed by atoms with Crippen molar-refractivity contribution in [2.75, 3.05) is 6.54 Å². The maximum atomic E-state index is 13.0. The second-order valence-electron chi connectivity index (χ2n) is 6.98. The molecule has 0 saturated carbocycles. The molecule has 2 aliphatic rings. The molecule has 3 rings (SSSR count). The van der Waals surface area contributed by atoms with Gasteiger partial charge in [0.05, 0.1) is 17.9 Å². The number of esters is 1. The number of hydrogen-bond acceptors (Lipinski definition) is 6. The predicted octanol–water partition coefficient (Wildman–Crippen LogP) is -1.14. The summed E-state index contributed by atoms with van der Waals surface area (Å²) < 4.78 is 5.06. The van der Waals surface area contributed by atoms with Crippen LogP contribution in [-0.4, -0.2) is 63.3 Å².